The Morgan fingerprint density at radius 3 is 2.88 bits per heavy atom. The number of aromatic nitrogens is 3. The van der Waals surface area contributed by atoms with E-state index in [4.69, 9.17) is 0 Å². The van der Waals surface area contributed by atoms with Crippen molar-refractivity contribution < 1.29 is 5.11 Å². The molecular formula is C13H11N3O. The summed E-state index contributed by atoms with van der Waals surface area (Å²) >= 11 is 0. The van der Waals surface area contributed by atoms with Crippen molar-refractivity contribution in [3.63, 3.8) is 0 Å². The molecule has 0 saturated carbocycles. The molecule has 2 heterocycles. The lowest BCUT2D eigenvalue weighted by molar-refractivity contribution is 0.452. The van der Waals surface area contributed by atoms with Gasteiger partial charge >= 0.3 is 0 Å². The summed E-state index contributed by atoms with van der Waals surface area (Å²) in [4.78, 5) is 11.4. The Hall–Kier alpha value is -2.36. The second kappa shape index (κ2) is 3.59. The number of aromatic hydroxyl groups is 1. The second-order valence-corrected chi connectivity index (χ2v) is 3.94. The monoisotopic (exact) mass is 225 g/mol. The van der Waals surface area contributed by atoms with Crippen LogP contribution < -0.4 is 0 Å². The van der Waals surface area contributed by atoms with E-state index in [9.17, 15) is 5.11 Å². The van der Waals surface area contributed by atoms with Gasteiger partial charge in [-0.2, -0.15) is 4.98 Å². The molecule has 0 aliphatic heterocycles. The third-order valence-electron chi connectivity index (χ3n) is 2.74. The summed E-state index contributed by atoms with van der Waals surface area (Å²) in [6, 6.07) is 9.78. The van der Waals surface area contributed by atoms with E-state index in [0.717, 1.165) is 16.5 Å². The van der Waals surface area contributed by atoms with Crippen molar-refractivity contribution in [3.8, 4) is 17.3 Å². The third kappa shape index (κ3) is 1.63. The van der Waals surface area contributed by atoms with E-state index in [2.05, 4.69) is 15.0 Å². The van der Waals surface area contributed by atoms with Gasteiger partial charge in [-0.05, 0) is 31.2 Å². The molecule has 0 aliphatic rings. The van der Waals surface area contributed by atoms with E-state index < -0.39 is 0 Å². The average molecular weight is 225 g/mol. The van der Waals surface area contributed by atoms with Gasteiger partial charge in [0.25, 0.3) is 0 Å². The highest BCUT2D eigenvalue weighted by Gasteiger charge is 2.07. The van der Waals surface area contributed by atoms with Gasteiger partial charge in [0, 0.05) is 17.1 Å². The summed E-state index contributed by atoms with van der Waals surface area (Å²) in [6.45, 7) is 1.79. The van der Waals surface area contributed by atoms with E-state index >= 15 is 0 Å². The standard InChI is InChI=1S/C13H11N3O/c1-8-13(17)16-12(15-8)10-4-5-11-9(7-10)3-2-6-14-11/h2-7,17H,1H3,(H,15,16). The molecule has 0 radical (unpaired) electrons. The normalized spacial score (nSPS) is 10.9. The number of pyridine rings is 1. The molecule has 0 aliphatic carbocycles. The summed E-state index contributed by atoms with van der Waals surface area (Å²) in [5, 5.41) is 10.5. The number of hydrogen-bond acceptors (Lipinski definition) is 3. The zero-order chi connectivity index (χ0) is 11.8. The predicted molar refractivity (Wildman–Crippen MR) is 65.7 cm³/mol. The van der Waals surface area contributed by atoms with Gasteiger partial charge in [-0.15, -0.1) is 0 Å². The average Bonchev–Trinajstić information content (AvgIpc) is 2.69. The molecule has 4 heteroatoms. The molecule has 1 aromatic carbocycles. The first-order valence-corrected chi connectivity index (χ1v) is 5.35. The first kappa shape index (κ1) is 9.84. The number of hydrogen-bond donors (Lipinski definition) is 2. The minimum Gasteiger partial charge on any atom is -0.492 e. The number of nitrogens with zero attached hydrogens (tertiary/aromatic N) is 2. The molecule has 0 fully saturated rings. The number of rotatable bonds is 1. The van der Waals surface area contributed by atoms with E-state index in [1.807, 2.05) is 30.3 Å². The number of fused-ring (bicyclic) bond motifs is 1. The highest BCUT2D eigenvalue weighted by Crippen LogP contribution is 2.24. The van der Waals surface area contributed by atoms with Crippen molar-refractivity contribution in [2.45, 2.75) is 6.92 Å². The van der Waals surface area contributed by atoms with Crippen LogP contribution in [0, 0.1) is 6.92 Å². The maximum atomic E-state index is 9.46. The number of imidazole rings is 1. The van der Waals surface area contributed by atoms with Gasteiger partial charge in [-0.1, -0.05) is 6.07 Å². The van der Waals surface area contributed by atoms with Crippen LogP contribution in [0.15, 0.2) is 36.5 Å². The first-order valence-electron chi connectivity index (χ1n) is 5.35. The molecule has 3 aromatic rings. The van der Waals surface area contributed by atoms with Crippen molar-refractivity contribution in [1.29, 1.82) is 0 Å². The van der Waals surface area contributed by atoms with E-state index in [1.54, 1.807) is 13.1 Å². The van der Waals surface area contributed by atoms with Crippen LogP contribution in [0.5, 0.6) is 5.88 Å². The maximum Gasteiger partial charge on any atom is 0.232 e. The predicted octanol–water partition coefficient (Wildman–Crippen LogP) is 2.64. The lowest BCUT2D eigenvalue weighted by Gasteiger charge is -1.99. The molecule has 0 bridgehead atoms. The lowest BCUT2D eigenvalue weighted by Crippen LogP contribution is -1.83. The van der Waals surface area contributed by atoms with Crippen LogP contribution in [0.2, 0.25) is 0 Å². The van der Waals surface area contributed by atoms with E-state index in [0.29, 0.717) is 11.5 Å². The summed E-state index contributed by atoms with van der Waals surface area (Å²) in [5.74, 6) is 0.719. The fourth-order valence-corrected chi connectivity index (χ4v) is 1.81. The summed E-state index contributed by atoms with van der Waals surface area (Å²) < 4.78 is 0. The molecule has 0 atom stereocenters. The number of aromatic amines is 1. The van der Waals surface area contributed by atoms with Crippen LogP contribution in [0.4, 0.5) is 0 Å². The van der Waals surface area contributed by atoms with Gasteiger partial charge in [0.05, 0.1) is 11.2 Å². The minimum absolute atomic E-state index is 0.0475. The van der Waals surface area contributed by atoms with Gasteiger partial charge in [0.1, 0.15) is 5.82 Å². The SMILES string of the molecule is Cc1[nH]c(-c2ccc3ncccc3c2)nc1O. The van der Waals surface area contributed by atoms with Gasteiger partial charge in [-0.25, -0.2) is 0 Å². The molecule has 3 rings (SSSR count). The highest BCUT2D eigenvalue weighted by molar-refractivity contribution is 5.83. The Bertz CT molecular complexity index is 668. The van der Waals surface area contributed by atoms with Crippen molar-refractivity contribution >= 4 is 10.9 Å². The van der Waals surface area contributed by atoms with Crippen LogP contribution in [0.25, 0.3) is 22.3 Å². The van der Waals surface area contributed by atoms with Crippen LogP contribution in [-0.2, 0) is 0 Å². The number of H-pyrrole nitrogens is 1. The lowest BCUT2D eigenvalue weighted by atomic mass is 10.1. The molecule has 0 unspecified atom stereocenters. The topological polar surface area (TPSA) is 61.8 Å². The molecule has 2 aromatic heterocycles. The smallest absolute Gasteiger partial charge is 0.232 e. The van der Waals surface area contributed by atoms with E-state index in [-0.39, 0.29) is 5.88 Å². The molecule has 0 saturated heterocycles. The molecule has 0 amide bonds. The van der Waals surface area contributed by atoms with Crippen molar-refractivity contribution in [1.82, 2.24) is 15.0 Å². The molecule has 4 nitrogen and oxygen atoms in total. The fourth-order valence-electron chi connectivity index (χ4n) is 1.81. The Kier molecular flexibility index (Phi) is 2.08. The highest BCUT2D eigenvalue weighted by atomic mass is 16.3. The van der Waals surface area contributed by atoms with Gasteiger partial charge < -0.3 is 10.1 Å². The van der Waals surface area contributed by atoms with Crippen molar-refractivity contribution in [3.05, 3.63) is 42.2 Å². The summed E-state index contributed by atoms with van der Waals surface area (Å²) in [5.41, 5.74) is 2.56. The second-order valence-electron chi connectivity index (χ2n) is 3.94. The quantitative estimate of drug-likeness (QED) is 0.669. The summed E-state index contributed by atoms with van der Waals surface area (Å²) in [7, 11) is 0. The zero-order valence-corrected chi connectivity index (χ0v) is 9.31. The number of benzene rings is 1. The minimum atomic E-state index is 0.0475. The van der Waals surface area contributed by atoms with Crippen LogP contribution in [0.1, 0.15) is 5.69 Å². The number of nitrogens with one attached hydrogen (secondary N) is 1. The first-order chi connectivity index (χ1) is 8.24. The molecule has 2 N–H and O–H groups in total. The van der Waals surface area contributed by atoms with E-state index in [1.165, 1.54) is 0 Å². The molecular weight excluding hydrogens is 214 g/mol. The maximum absolute atomic E-state index is 9.46. The molecule has 0 spiro atoms. The largest absolute Gasteiger partial charge is 0.492 e. The van der Waals surface area contributed by atoms with Crippen LogP contribution >= 0.6 is 0 Å². The summed E-state index contributed by atoms with van der Waals surface area (Å²) in [6.07, 6.45) is 1.77. The third-order valence-corrected chi connectivity index (χ3v) is 2.74. The molecule has 17 heavy (non-hydrogen) atoms. The Labute approximate surface area is 98.0 Å². The number of aryl methyl sites for hydroxylation is 1. The van der Waals surface area contributed by atoms with Crippen molar-refractivity contribution in [2.24, 2.45) is 0 Å². The van der Waals surface area contributed by atoms with Gasteiger partial charge in [0.15, 0.2) is 0 Å². The fraction of sp³-hybridized carbons (Fsp3) is 0.0769. The molecule has 84 valence electrons. The van der Waals surface area contributed by atoms with Crippen LogP contribution in [-0.4, -0.2) is 20.1 Å². The van der Waals surface area contributed by atoms with Crippen molar-refractivity contribution in [2.75, 3.05) is 0 Å². The van der Waals surface area contributed by atoms with Gasteiger partial charge in [0.2, 0.25) is 5.88 Å². The Morgan fingerprint density at radius 2 is 2.12 bits per heavy atom. The zero-order valence-electron chi connectivity index (χ0n) is 9.31. The van der Waals surface area contributed by atoms with Gasteiger partial charge in [-0.3, -0.25) is 4.98 Å². The van der Waals surface area contributed by atoms with Crippen LogP contribution in [0.3, 0.4) is 0 Å². The Morgan fingerprint density at radius 1 is 1.24 bits per heavy atom. The Balaban J connectivity index is 2.17.